The molecular weight excluding hydrogens is 602 g/mol. The Hall–Kier alpha value is -6.79. The molecule has 4 N–H and O–H groups in total. The Kier molecular flexibility index (Phi) is 6.70. The zero-order chi connectivity index (χ0) is 32.9. The molecule has 8 rings (SSSR count). The van der Waals surface area contributed by atoms with Crippen molar-refractivity contribution in [3.05, 3.63) is 155 Å². The zero-order valence-electron chi connectivity index (χ0n) is 25.4. The van der Waals surface area contributed by atoms with Gasteiger partial charge in [0.15, 0.2) is 34.7 Å². The Morgan fingerprint density at radius 3 is 1.77 bits per heavy atom. The lowest BCUT2D eigenvalue weighted by atomic mass is 10.0. The number of aliphatic hydroxyl groups is 4. The van der Waals surface area contributed by atoms with Crippen molar-refractivity contribution in [3.63, 3.8) is 0 Å². The van der Waals surface area contributed by atoms with Crippen LogP contribution in [0.5, 0.6) is 0 Å². The molecule has 0 saturated heterocycles. The van der Waals surface area contributed by atoms with Crippen LogP contribution in [0.25, 0.3) is 44.6 Å². The van der Waals surface area contributed by atoms with Gasteiger partial charge in [0.05, 0.1) is 6.54 Å². The maximum absolute atomic E-state index is 11.4. The van der Waals surface area contributed by atoms with E-state index in [1.165, 1.54) is 6.08 Å². The fourth-order valence-corrected chi connectivity index (χ4v) is 6.58. The van der Waals surface area contributed by atoms with Gasteiger partial charge in [0, 0.05) is 49.8 Å². The molecule has 0 bridgehead atoms. The van der Waals surface area contributed by atoms with Gasteiger partial charge in [0.1, 0.15) is 6.04 Å². The van der Waals surface area contributed by atoms with E-state index in [4.69, 9.17) is 21.4 Å². The Morgan fingerprint density at radius 2 is 1.23 bits per heavy atom. The van der Waals surface area contributed by atoms with Gasteiger partial charge in [-0.15, -0.1) is 6.42 Å². The second-order valence-electron chi connectivity index (χ2n) is 11.4. The lowest BCUT2D eigenvalue weighted by Crippen LogP contribution is -2.35. The molecule has 2 aromatic heterocycles. The zero-order valence-corrected chi connectivity index (χ0v) is 25.4. The van der Waals surface area contributed by atoms with Crippen LogP contribution < -0.4 is 4.90 Å². The number of rotatable bonds is 6. The maximum Gasteiger partial charge on any atom is 0.234 e. The molecule has 9 nitrogen and oxygen atoms in total. The van der Waals surface area contributed by atoms with E-state index in [1.54, 1.807) is 4.90 Å². The number of fused-ring (bicyclic) bond motifs is 4. The molecule has 1 unspecified atom stereocenters. The number of nitrogens with zero attached hydrogens (tertiary/aromatic N) is 5. The third-order valence-corrected chi connectivity index (χ3v) is 8.72. The van der Waals surface area contributed by atoms with Crippen molar-refractivity contribution in [2.45, 2.75) is 12.6 Å². The van der Waals surface area contributed by atoms with Crippen molar-refractivity contribution in [2.24, 2.45) is 0 Å². The number of allylic oxidation sites excluding steroid dienone is 3. The van der Waals surface area contributed by atoms with Crippen LogP contribution in [0.2, 0.25) is 0 Å². The molecule has 0 amide bonds. The van der Waals surface area contributed by atoms with E-state index in [0.29, 0.717) is 22.9 Å². The van der Waals surface area contributed by atoms with Crippen LogP contribution in [0.4, 0.5) is 5.95 Å². The minimum Gasteiger partial charge on any atom is -0.506 e. The number of aromatic nitrogens is 4. The van der Waals surface area contributed by atoms with Crippen molar-refractivity contribution in [3.8, 4) is 35.1 Å². The fourth-order valence-electron chi connectivity index (χ4n) is 6.58. The summed E-state index contributed by atoms with van der Waals surface area (Å²) in [7, 11) is 0. The fraction of sp³-hybridized carbons (Fsp3) is 0.0513. The Bertz CT molecular complexity index is 2320. The average Bonchev–Trinajstić information content (AvgIpc) is 3.71. The lowest BCUT2D eigenvalue weighted by Gasteiger charge is -2.27. The number of hydrogen-bond donors (Lipinski definition) is 4. The minimum absolute atomic E-state index is 0.152. The smallest absolute Gasteiger partial charge is 0.234 e. The van der Waals surface area contributed by atoms with Crippen LogP contribution in [-0.4, -0.2) is 46.0 Å². The first kappa shape index (κ1) is 28.7. The average molecular weight is 630 g/mol. The molecule has 1 aliphatic heterocycles. The summed E-state index contributed by atoms with van der Waals surface area (Å²) in [5.41, 5.74) is 4.35. The van der Waals surface area contributed by atoms with Crippen molar-refractivity contribution in [1.82, 2.24) is 19.5 Å². The molecule has 6 aromatic rings. The second-order valence-corrected chi connectivity index (χ2v) is 11.4. The summed E-state index contributed by atoms with van der Waals surface area (Å²) in [6.07, 6.45) is 6.94. The summed E-state index contributed by atoms with van der Waals surface area (Å²) >= 11 is 0. The molecule has 48 heavy (non-hydrogen) atoms. The van der Waals surface area contributed by atoms with E-state index < -0.39 is 29.1 Å². The summed E-state index contributed by atoms with van der Waals surface area (Å²) in [5.74, 6) is 1.05. The highest BCUT2D eigenvalue weighted by Crippen LogP contribution is 2.48. The number of hydrogen-bond acceptors (Lipinski definition) is 8. The predicted octanol–water partition coefficient (Wildman–Crippen LogP) is 7.68. The molecule has 0 spiro atoms. The van der Waals surface area contributed by atoms with Crippen LogP contribution in [0.1, 0.15) is 0 Å². The highest BCUT2D eigenvalue weighted by atomic mass is 16.3. The monoisotopic (exact) mass is 629 g/mol. The highest BCUT2D eigenvalue weighted by Gasteiger charge is 2.48. The second kappa shape index (κ2) is 11.2. The number of aliphatic hydroxyl groups excluding tert-OH is 4. The predicted molar refractivity (Wildman–Crippen MR) is 185 cm³/mol. The Labute approximate surface area is 275 Å². The van der Waals surface area contributed by atoms with Crippen LogP contribution in [0.15, 0.2) is 155 Å². The molecule has 1 atom stereocenters. The number of anilines is 1. The van der Waals surface area contributed by atoms with Gasteiger partial charge in [0.25, 0.3) is 0 Å². The van der Waals surface area contributed by atoms with E-state index in [0.717, 1.165) is 32.9 Å². The molecule has 2 aliphatic rings. The molecule has 0 radical (unpaired) electrons. The topological polar surface area (TPSA) is 128 Å². The Balaban J connectivity index is 1.43. The van der Waals surface area contributed by atoms with Crippen LogP contribution in [0, 0.1) is 12.3 Å². The van der Waals surface area contributed by atoms with Gasteiger partial charge in [-0.1, -0.05) is 97.1 Å². The third-order valence-electron chi connectivity index (χ3n) is 8.72. The van der Waals surface area contributed by atoms with Crippen LogP contribution in [0.3, 0.4) is 0 Å². The highest BCUT2D eigenvalue weighted by molar-refractivity contribution is 6.08. The molecular formula is C39H27N5O4. The van der Waals surface area contributed by atoms with E-state index >= 15 is 0 Å². The SMILES string of the molecule is C#C/C(O)=C\C1=C(Cn2c3ccccc3c3ccccc32)N(c2nc(-c3ccccc3)nc(-c3ccccc3)n2)C2C(O)=C(O)C(O)=C12. The number of benzene rings is 4. The molecule has 0 fully saturated rings. The minimum atomic E-state index is -1.13. The maximum atomic E-state index is 11.4. The largest absolute Gasteiger partial charge is 0.506 e. The number of para-hydroxylation sites is 2. The Morgan fingerprint density at radius 1 is 0.708 bits per heavy atom. The van der Waals surface area contributed by atoms with Gasteiger partial charge < -0.3 is 25.0 Å². The van der Waals surface area contributed by atoms with Gasteiger partial charge in [0.2, 0.25) is 5.95 Å². The van der Waals surface area contributed by atoms with Crippen molar-refractivity contribution in [2.75, 3.05) is 4.90 Å². The molecule has 0 saturated carbocycles. The molecule has 4 aromatic carbocycles. The van der Waals surface area contributed by atoms with Gasteiger partial charge in [-0.2, -0.15) is 9.97 Å². The number of terminal acetylenes is 1. The molecule has 9 heteroatoms. The first-order valence-corrected chi connectivity index (χ1v) is 15.2. The van der Waals surface area contributed by atoms with Gasteiger partial charge in [-0.05, 0) is 24.1 Å². The summed E-state index contributed by atoms with van der Waals surface area (Å²) < 4.78 is 2.12. The van der Waals surface area contributed by atoms with Crippen molar-refractivity contribution < 1.29 is 20.4 Å². The van der Waals surface area contributed by atoms with E-state index in [9.17, 15) is 20.4 Å². The molecule has 3 heterocycles. The van der Waals surface area contributed by atoms with Crippen molar-refractivity contribution >= 4 is 27.8 Å². The van der Waals surface area contributed by atoms with Gasteiger partial charge in [-0.3, -0.25) is 4.90 Å². The first-order chi connectivity index (χ1) is 23.4. The van der Waals surface area contributed by atoms with Gasteiger partial charge >= 0.3 is 0 Å². The molecule has 232 valence electrons. The third kappa shape index (κ3) is 4.47. The normalized spacial score (nSPS) is 16.4. The van der Waals surface area contributed by atoms with Crippen LogP contribution in [-0.2, 0) is 6.54 Å². The van der Waals surface area contributed by atoms with E-state index in [2.05, 4.69) is 22.6 Å². The van der Waals surface area contributed by atoms with E-state index in [-0.39, 0.29) is 18.1 Å². The lowest BCUT2D eigenvalue weighted by molar-refractivity contribution is 0.290. The summed E-state index contributed by atoms with van der Waals surface area (Å²) in [5, 5.41) is 46.2. The van der Waals surface area contributed by atoms with E-state index in [1.807, 2.05) is 97.1 Å². The molecule has 1 aliphatic carbocycles. The summed E-state index contributed by atoms with van der Waals surface area (Å²) in [6, 6.07) is 33.8. The van der Waals surface area contributed by atoms with Crippen LogP contribution >= 0.6 is 0 Å². The quantitative estimate of drug-likeness (QED) is 0.109. The summed E-state index contributed by atoms with van der Waals surface area (Å²) in [6.45, 7) is 0.187. The summed E-state index contributed by atoms with van der Waals surface area (Å²) in [4.78, 5) is 16.3. The van der Waals surface area contributed by atoms with Gasteiger partial charge in [-0.25, -0.2) is 4.98 Å². The van der Waals surface area contributed by atoms with Crippen molar-refractivity contribution in [1.29, 1.82) is 0 Å². The first-order valence-electron chi connectivity index (χ1n) is 15.2. The standard InChI is InChI=1S/C39H27N5O4/c1-2-25(45)21-28-31(22-43-29-19-11-9-17-26(29)27-18-10-12-20-30(27)43)44(33-32(28)34(46)36(48)35(33)47)39-41-37(23-13-5-3-6-14-23)40-38(42-39)24-15-7-4-8-16-24/h1,3-21,33,45-48H,22H2/b25-21+.